The molecule has 0 radical (unpaired) electrons. The molecule has 0 aromatic carbocycles. The lowest BCUT2D eigenvalue weighted by atomic mass is 9.77. The Morgan fingerprint density at radius 1 is 1.60 bits per heavy atom. The molecule has 84 valence electrons. The van der Waals surface area contributed by atoms with Crippen molar-refractivity contribution in [3.8, 4) is 0 Å². The van der Waals surface area contributed by atoms with Gasteiger partial charge in [0.2, 0.25) is 0 Å². The Kier molecular flexibility index (Phi) is 3.07. The number of hydrogen-bond donors (Lipinski definition) is 2. The standard InChI is InChI=1S/C11H19N3O/c1-14-8-10(7-13-14)3-6-12-11(9-15)4-2-5-11/h7-8,12,15H,2-6,9H2,1H3. The molecule has 15 heavy (non-hydrogen) atoms. The summed E-state index contributed by atoms with van der Waals surface area (Å²) in [4.78, 5) is 0. The third-order valence-electron chi connectivity index (χ3n) is 3.29. The topological polar surface area (TPSA) is 50.1 Å². The van der Waals surface area contributed by atoms with Gasteiger partial charge in [0.25, 0.3) is 0 Å². The first-order valence-electron chi connectivity index (χ1n) is 5.57. The van der Waals surface area contributed by atoms with Crippen molar-refractivity contribution in [2.45, 2.75) is 31.2 Å². The van der Waals surface area contributed by atoms with E-state index in [4.69, 9.17) is 0 Å². The largest absolute Gasteiger partial charge is 0.394 e. The molecule has 0 unspecified atom stereocenters. The number of aromatic nitrogens is 2. The van der Waals surface area contributed by atoms with Gasteiger partial charge >= 0.3 is 0 Å². The first-order valence-corrected chi connectivity index (χ1v) is 5.57. The molecule has 1 fully saturated rings. The average molecular weight is 209 g/mol. The van der Waals surface area contributed by atoms with E-state index in [2.05, 4.69) is 10.4 Å². The highest BCUT2D eigenvalue weighted by atomic mass is 16.3. The molecule has 1 aromatic heterocycles. The molecule has 1 heterocycles. The highest BCUT2D eigenvalue weighted by Crippen LogP contribution is 2.30. The molecule has 1 saturated carbocycles. The van der Waals surface area contributed by atoms with Gasteiger partial charge in [-0.15, -0.1) is 0 Å². The number of aliphatic hydroxyl groups is 1. The number of hydrogen-bond acceptors (Lipinski definition) is 3. The summed E-state index contributed by atoms with van der Waals surface area (Å²) in [6.07, 6.45) is 8.37. The summed E-state index contributed by atoms with van der Waals surface area (Å²) in [5.41, 5.74) is 1.28. The first-order chi connectivity index (χ1) is 7.24. The van der Waals surface area contributed by atoms with E-state index in [1.54, 1.807) is 0 Å². The molecular weight excluding hydrogens is 190 g/mol. The van der Waals surface area contributed by atoms with Crippen LogP contribution in [0.25, 0.3) is 0 Å². The van der Waals surface area contributed by atoms with Crippen LogP contribution in [0.4, 0.5) is 0 Å². The second kappa shape index (κ2) is 4.33. The maximum Gasteiger partial charge on any atom is 0.0613 e. The molecule has 0 bridgehead atoms. The third-order valence-corrected chi connectivity index (χ3v) is 3.29. The Bertz CT molecular complexity index is 312. The lowest BCUT2D eigenvalue weighted by molar-refractivity contribution is 0.0895. The fourth-order valence-corrected chi connectivity index (χ4v) is 2.07. The van der Waals surface area contributed by atoms with Crippen LogP contribution < -0.4 is 5.32 Å². The van der Waals surface area contributed by atoms with Crippen LogP contribution in [0, 0.1) is 0 Å². The molecule has 1 aliphatic carbocycles. The number of aliphatic hydroxyl groups excluding tert-OH is 1. The second-order valence-electron chi connectivity index (χ2n) is 4.49. The number of nitrogens with zero attached hydrogens (tertiary/aromatic N) is 2. The summed E-state index contributed by atoms with van der Waals surface area (Å²) in [7, 11) is 1.93. The Hall–Kier alpha value is -0.870. The fraction of sp³-hybridized carbons (Fsp3) is 0.727. The maximum absolute atomic E-state index is 9.26. The molecule has 0 atom stereocenters. The Balaban J connectivity index is 1.74. The van der Waals surface area contributed by atoms with Crippen molar-refractivity contribution in [3.05, 3.63) is 18.0 Å². The zero-order valence-electron chi connectivity index (χ0n) is 9.24. The van der Waals surface area contributed by atoms with Crippen molar-refractivity contribution in [2.75, 3.05) is 13.2 Å². The van der Waals surface area contributed by atoms with Crippen LogP contribution in [0.2, 0.25) is 0 Å². The molecular formula is C11H19N3O. The van der Waals surface area contributed by atoms with Gasteiger partial charge in [0.1, 0.15) is 0 Å². The molecule has 2 rings (SSSR count). The second-order valence-corrected chi connectivity index (χ2v) is 4.49. The quantitative estimate of drug-likeness (QED) is 0.741. The summed E-state index contributed by atoms with van der Waals surface area (Å²) in [6, 6.07) is 0. The highest BCUT2D eigenvalue weighted by molar-refractivity contribution is 5.05. The average Bonchev–Trinajstić information content (AvgIpc) is 2.56. The number of rotatable bonds is 5. The van der Waals surface area contributed by atoms with E-state index in [-0.39, 0.29) is 12.1 Å². The van der Waals surface area contributed by atoms with Gasteiger partial charge in [0.15, 0.2) is 0 Å². The fourth-order valence-electron chi connectivity index (χ4n) is 2.07. The minimum Gasteiger partial charge on any atom is -0.394 e. The molecule has 1 aliphatic rings. The van der Waals surface area contributed by atoms with Crippen molar-refractivity contribution in [1.82, 2.24) is 15.1 Å². The van der Waals surface area contributed by atoms with E-state index < -0.39 is 0 Å². The lowest BCUT2D eigenvalue weighted by Gasteiger charge is -2.41. The number of nitrogens with one attached hydrogen (secondary N) is 1. The third kappa shape index (κ3) is 2.38. The van der Waals surface area contributed by atoms with Crippen LogP contribution in [-0.4, -0.2) is 33.6 Å². The highest BCUT2D eigenvalue weighted by Gasteiger charge is 2.35. The molecule has 4 heteroatoms. The van der Waals surface area contributed by atoms with E-state index in [1.807, 2.05) is 24.1 Å². The van der Waals surface area contributed by atoms with Gasteiger partial charge < -0.3 is 10.4 Å². The van der Waals surface area contributed by atoms with Crippen molar-refractivity contribution >= 4 is 0 Å². The summed E-state index contributed by atoms with van der Waals surface area (Å²) in [5.74, 6) is 0. The Morgan fingerprint density at radius 2 is 2.40 bits per heavy atom. The predicted molar refractivity (Wildman–Crippen MR) is 58.6 cm³/mol. The minimum atomic E-state index is 0.0300. The van der Waals surface area contributed by atoms with E-state index in [1.165, 1.54) is 12.0 Å². The molecule has 0 saturated heterocycles. The van der Waals surface area contributed by atoms with Gasteiger partial charge in [-0.1, -0.05) is 0 Å². The zero-order valence-corrected chi connectivity index (χ0v) is 9.24. The summed E-state index contributed by atoms with van der Waals surface area (Å²) in [5, 5.41) is 16.8. The van der Waals surface area contributed by atoms with Gasteiger partial charge in [-0.2, -0.15) is 5.10 Å². The van der Waals surface area contributed by atoms with Crippen LogP contribution in [0.15, 0.2) is 12.4 Å². The van der Waals surface area contributed by atoms with Crippen molar-refractivity contribution in [3.63, 3.8) is 0 Å². The summed E-state index contributed by atoms with van der Waals surface area (Å²) in [6.45, 7) is 1.19. The van der Waals surface area contributed by atoms with Gasteiger partial charge in [-0.05, 0) is 37.8 Å². The molecule has 2 N–H and O–H groups in total. The molecule has 0 aliphatic heterocycles. The number of aryl methyl sites for hydroxylation is 1. The molecule has 0 amide bonds. The first kappa shape index (κ1) is 10.6. The molecule has 0 spiro atoms. The van der Waals surface area contributed by atoms with Crippen LogP contribution in [0.5, 0.6) is 0 Å². The Labute approximate surface area is 90.3 Å². The smallest absolute Gasteiger partial charge is 0.0613 e. The Morgan fingerprint density at radius 3 is 2.87 bits per heavy atom. The zero-order chi connectivity index (χ0) is 10.7. The normalized spacial score (nSPS) is 18.8. The monoisotopic (exact) mass is 209 g/mol. The van der Waals surface area contributed by atoms with Crippen molar-refractivity contribution < 1.29 is 5.11 Å². The van der Waals surface area contributed by atoms with Crippen molar-refractivity contribution in [2.24, 2.45) is 7.05 Å². The maximum atomic E-state index is 9.26. The van der Waals surface area contributed by atoms with Gasteiger partial charge in [-0.25, -0.2) is 0 Å². The van der Waals surface area contributed by atoms with E-state index in [9.17, 15) is 5.11 Å². The van der Waals surface area contributed by atoms with Crippen LogP contribution in [-0.2, 0) is 13.5 Å². The van der Waals surface area contributed by atoms with E-state index >= 15 is 0 Å². The van der Waals surface area contributed by atoms with E-state index in [0.717, 1.165) is 25.8 Å². The van der Waals surface area contributed by atoms with Crippen LogP contribution >= 0.6 is 0 Å². The van der Waals surface area contributed by atoms with Crippen molar-refractivity contribution in [1.29, 1.82) is 0 Å². The van der Waals surface area contributed by atoms with Crippen LogP contribution in [0.3, 0.4) is 0 Å². The SMILES string of the molecule is Cn1cc(CCNC2(CO)CCC2)cn1. The molecule has 4 nitrogen and oxygen atoms in total. The summed E-state index contributed by atoms with van der Waals surface area (Å²) < 4.78 is 1.82. The van der Waals surface area contributed by atoms with Gasteiger partial charge in [0, 0.05) is 18.8 Å². The minimum absolute atomic E-state index is 0.0300. The summed E-state index contributed by atoms with van der Waals surface area (Å²) >= 11 is 0. The van der Waals surface area contributed by atoms with Crippen LogP contribution in [0.1, 0.15) is 24.8 Å². The lowest BCUT2D eigenvalue weighted by Crippen LogP contribution is -2.54. The van der Waals surface area contributed by atoms with Gasteiger partial charge in [-0.3, -0.25) is 4.68 Å². The van der Waals surface area contributed by atoms with Gasteiger partial charge in [0.05, 0.1) is 12.8 Å². The van der Waals surface area contributed by atoms with E-state index in [0.29, 0.717) is 0 Å². The molecule has 1 aromatic rings. The predicted octanol–water partition coefficient (Wildman–Crippen LogP) is 0.467.